The van der Waals surface area contributed by atoms with Gasteiger partial charge in [-0.1, -0.05) is 12.1 Å². The Morgan fingerprint density at radius 2 is 1.93 bits per heavy atom. The van der Waals surface area contributed by atoms with Crippen LogP contribution in [0.1, 0.15) is 23.2 Å². The van der Waals surface area contributed by atoms with Crippen LogP contribution in [0.25, 0.3) is 0 Å². The van der Waals surface area contributed by atoms with E-state index < -0.39 is 5.82 Å². The average Bonchev–Trinajstić information content (AvgIpc) is 2.72. The van der Waals surface area contributed by atoms with Crippen molar-refractivity contribution < 1.29 is 23.4 Å². The largest absolute Gasteiger partial charge is 0.497 e. The molecule has 6 heteroatoms. The zero-order valence-corrected chi connectivity index (χ0v) is 15.6. The number of benzene rings is 2. The standard InChI is InChI=1S/C21H24FNO4/c1-25-16-7-3-8-17(12-16)27-14-15-6-5-11-23(13-15)21(24)20-18(22)9-4-10-19(20)26-2/h3-4,7-10,12,15H,5-6,11,13-14H2,1-2H3/t15-/m1/s1. The van der Waals surface area contributed by atoms with Gasteiger partial charge in [0.25, 0.3) is 5.91 Å². The van der Waals surface area contributed by atoms with Crippen molar-refractivity contribution in [3.63, 3.8) is 0 Å². The Labute approximate surface area is 158 Å². The van der Waals surface area contributed by atoms with Crippen LogP contribution in [0.5, 0.6) is 17.2 Å². The van der Waals surface area contributed by atoms with Crippen LogP contribution in [0.4, 0.5) is 4.39 Å². The van der Waals surface area contributed by atoms with Gasteiger partial charge >= 0.3 is 0 Å². The maximum Gasteiger partial charge on any atom is 0.260 e. The molecule has 27 heavy (non-hydrogen) atoms. The minimum atomic E-state index is -0.561. The molecular weight excluding hydrogens is 349 g/mol. The van der Waals surface area contributed by atoms with Crippen molar-refractivity contribution in [2.75, 3.05) is 33.9 Å². The van der Waals surface area contributed by atoms with Gasteiger partial charge in [-0.05, 0) is 37.1 Å². The molecule has 0 spiro atoms. The van der Waals surface area contributed by atoms with E-state index in [9.17, 15) is 9.18 Å². The van der Waals surface area contributed by atoms with Gasteiger partial charge in [0.05, 0.1) is 20.8 Å². The maximum absolute atomic E-state index is 14.2. The van der Waals surface area contributed by atoms with Gasteiger partial charge in [-0.3, -0.25) is 4.79 Å². The molecule has 1 aliphatic heterocycles. The summed E-state index contributed by atoms with van der Waals surface area (Å²) in [5.74, 6) is 1.01. The SMILES string of the molecule is COc1cccc(OC[C@@H]2CCCN(C(=O)c3c(F)cccc3OC)C2)c1. The van der Waals surface area contributed by atoms with Gasteiger partial charge in [-0.25, -0.2) is 4.39 Å². The second-order valence-corrected chi connectivity index (χ2v) is 6.57. The molecule has 0 aliphatic carbocycles. The number of halogens is 1. The summed E-state index contributed by atoms with van der Waals surface area (Å²) in [7, 11) is 3.05. The highest BCUT2D eigenvalue weighted by Crippen LogP contribution is 2.26. The molecule has 1 atom stereocenters. The molecule has 0 bridgehead atoms. The number of carbonyl (C=O) groups excluding carboxylic acids is 1. The molecule has 2 aromatic carbocycles. The highest BCUT2D eigenvalue weighted by molar-refractivity contribution is 5.97. The molecule has 1 saturated heterocycles. The molecule has 3 rings (SSSR count). The highest BCUT2D eigenvalue weighted by Gasteiger charge is 2.28. The maximum atomic E-state index is 14.2. The molecule has 1 fully saturated rings. The predicted molar refractivity (Wildman–Crippen MR) is 100 cm³/mol. The van der Waals surface area contributed by atoms with E-state index in [0.717, 1.165) is 24.3 Å². The van der Waals surface area contributed by atoms with E-state index in [2.05, 4.69) is 0 Å². The van der Waals surface area contributed by atoms with Crippen molar-refractivity contribution in [3.05, 3.63) is 53.8 Å². The Morgan fingerprint density at radius 1 is 1.15 bits per heavy atom. The summed E-state index contributed by atoms with van der Waals surface area (Å²) >= 11 is 0. The van der Waals surface area contributed by atoms with E-state index in [4.69, 9.17) is 14.2 Å². The highest BCUT2D eigenvalue weighted by atomic mass is 19.1. The number of likely N-dealkylation sites (tertiary alicyclic amines) is 1. The van der Waals surface area contributed by atoms with Gasteiger partial charge in [0, 0.05) is 25.1 Å². The van der Waals surface area contributed by atoms with E-state index >= 15 is 0 Å². The Hall–Kier alpha value is -2.76. The molecular formula is C21H24FNO4. The summed E-state index contributed by atoms with van der Waals surface area (Å²) in [5, 5.41) is 0. The van der Waals surface area contributed by atoms with Crippen molar-refractivity contribution >= 4 is 5.91 Å². The number of hydrogen-bond donors (Lipinski definition) is 0. The zero-order valence-electron chi connectivity index (χ0n) is 15.6. The lowest BCUT2D eigenvalue weighted by Crippen LogP contribution is -2.42. The Balaban J connectivity index is 1.65. The third-order valence-electron chi connectivity index (χ3n) is 4.74. The van der Waals surface area contributed by atoms with Crippen LogP contribution in [0.3, 0.4) is 0 Å². The van der Waals surface area contributed by atoms with Gasteiger partial charge in [0.1, 0.15) is 28.6 Å². The molecule has 0 radical (unpaired) electrons. The number of carbonyl (C=O) groups is 1. The molecule has 5 nitrogen and oxygen atoms in total. The number of amides is 1. The topological polar surface area (TPSA) is 48.0 Å². The monoisotopic (exact) mass is 373 g/mol. The number of piperidine rings is 1. The molecule has 1 aliphatic rings. The van der Waals surface area contributed by atoms with Gasteiger partial charge in [-0.15, -0.1) is 0 Å². The van der Waals surface area contributed by atoms with E-state index in [-0.39, 0.29) is 23.1 Å². The van der Waals surface area contributed by atoms with E-state index in [0.29, 0.717) is 19.7 Å². The van der Waals surface area contributed by atoms with Crippen molar-refractivity contribution in [1.29, 1.82) is 0 Å². The number of ether oxygens (including phenoxy) is 3. The lowest BCUT2D eigenvalue weighted by molar-refractivity contribution is 0.0625. The fourth-order valence-corrected chi connectivity index (χ4v) is 3.33. The fourth-order valence-electron chi connectivity index (χ4n) is 3.33. The van der Waals surface area contributed by atoms with Crippen LogP contribution in [0, 0.1) is 11.7 Å². The lowest BCUT2D eigenvalue weighted by Gasteiger charge is -2.33. The van der Waals surface area contributed by atoms with Crippen LogP contribution in [0.2, 0.25) is 0 Å². The summed E-state index contributed by atoms with van der Waals surface area (Å²) < 4.78 is 30.5. The first-order valence-corrected chi connectivity index (χ1v) is 9.01. The summed E-state index contributed by atoms with van der Waals surface area (Å²) in [4.78, 5) is 14.5. The van der Waals surface area contributed by atoms with Crippen LogP contribution in [0.15, 0.2) is 42.5 Å². The molecule has 2 aromatic rings. The van der Waals surface area contributed by atoms with Gasteiger partial charge in [0.2, 0.25) is 0 Å². The number of methoxy groups -OCH3 is 2. The molecule has 1 amide bonds. The van der Waals surface area contributed by atoms with Gasteiger partial charge in [0.15, 0.2) is 0 Å². The van der Waals surface area contributed by atoms with Crippen molar-refractivity contribution in [2.45, 2.75) is 12.8 Å². The number of rotatable bonds is 6. The Bertz CT molecular complexity index is 796. The fraction of sp³-hybridized carbons (Fsp3) is 0.381. The van der Waals surface area contributed by atoms with Crippen molar-refractivity contribution in [3.8, 4) is 17.2 Å². The Kier molecular flexibility index (Phi) is 6.16. The van der Waals surface area contributed by atoms with E-state index in [1.54, 1.807) is 18.1 Å². The van der Waals surface area contributed by atoms with Gasteiger partial charge < -0.3 is 19.1 Å². The Morgan fingerprint density at radius 3 is 2.70 bits per heavy atom. The molecule has 0 unspecified atom stereocenters. The first-order valence-electron chi connectivity index (χ1n) is 9.01. The van der Waals surface area contributed by atoms with Gasteiger partial charge in [-0.2, -0.15) is 0 Å². The summed E-state index contributed by atoms with van der Waals surface area (Å²) in [6.07, 6.45) is 1.82. The molecule has 0 saturated carbocycles. The van der Waals surface area contributed by atoms with E-state index in [1.165, 1.54) is 19.2 Å². The molecule has 0 aromatic heterocycles. The van der Waals surface area contributed by atoms with Crippen LogP contribution in [-0.2, 0) is 0 Å². The van der Waals surface area contributed by atoms with Crippen molar-refractivity contribution in [2.24, 2.45) is 5.92 Å². The number of hydrogen-bond acceptors (Lipinski definition) is 4. The smallest absolute Gasteiger partial charge is 0.260 e. The summed E-state index contributed by atoms with van der Waals surface area (Å²) in [5.41, 5.74) is -0.00522. The van der Waals surface area contributed by atoms with Crippen molar-refractivity contribution in [1.82, 2.24) is 4.90 Å². The zero-order chi connectivity index (χ0) is 19.2. The normalized spacial score (nSPS) is 16.7. The van der Waals surface area contributed by atoms with Crippen LogP contribution in [-0.4, -0.2) is 44.7 Å². The first kappa shape index (κ1) is 19.0. The second-order valence-electron chi connectivity index (χ2n) is 6.57. The lowest BCUT2D eigenvalue weighted by atomic mass is 9.98. The quantitative estimate of drug-likeness (QED) is 0.773. The summed E-state index contributed by atoms with van der Waals surface area (Å²) in [6.45, 7) is 1.62. The van der Waals surface area contributed by atoms with Crippen LogP contribution < -0.4 is 14.2 Å². The molecule has 0 N–H and O–H groups in total. The number of nitrogens with zero attached hydrogens (tertiary/aromatic N) is 1. The van der Waals surface area contributed by atoms with E-state index in [1.807, 2.05) is 24.3 Å². The minimum absolute atomic E-state index is 0.00522. The first-order chi connectivity index (χ1) is 13.1. The average molecular weight is 373 g/mol. The second kappa shape index (κ2) is 8.75. The summed E-state index contributed by atoms with van der Waals surface area (Å²) in [6, 6.07) is 11.8. The third kappa shape index (κ3) is 4.51. The minimum Gasteiger partial charge on any atom is -0.497 e. The third-order valence-corrected chi connectivity index (χ3v) is 4.74. The van der Waals surface area contributed by atoms with Crippen LogP contribution >= 0.6 is 0 Å². The molecule has 144 valence electrons. The molecule has 1 heterocycles. The predicted octanol–water partition coefficient (Wildman–Crippen LogP) is 3.77.